The topological polar surface area (TPSA) is 143 Å². The highest BCUT2D eigenvalue weighted by atomic mass is 19.1. The van der Waals surface area contributed by atoms with Crippen molar-refractivity contribution < 1.29 is 33.3 Å². The van der Waals surface area contributed by atoms with E-state index >= 15 is 0 Å². The molecule has 1 aromatic heterocycles. The Bertz CT molecular complexity index is 1000. The zero-order valence-electron chi connectivity index (χ0n) is 15.6. The number of ether oxygens (including phenoxy) is 1. The maximum Gasteiger partial charge on any atom is 0.342 e. The number of carboxylic acids is 2. The SMILES string of the molecule is CCCCCCOc1c(F)cc(F)cc1-c1c(C(=O)O)c(N)[nH]c(=O)c1C(=O)O. The van der Waals surface area contributed by atoms with Crippen LogP contribution in [0.15, 0.2) is 16.9 Å². The number of rotatable bonds is 9. The molecule has 2 rings (SSSR count). The summed E-state index contributed by atoms with van der Waals surface area (Å²) in [5.74, 6) is -6.96. The summed E-state index contributed by atoms with van der Waals surface area (Å²) < 4.78 is 33.8. The Hall–Kier alpha value is -3.43. The van der Waals surface area contributed by atoms with Crippen LogP contribution in [-0.4, -0.2) is 33.7 Å². The van der Waals surface area contributed by atoms with Gasteiger partial charge in [0.15, 0.2) is 11.6 Å². The zero-order valence-corrected chi connectivity index (χ0v) is 15.6. The molecule has 0 aliphatic heterocycles. The van der Waals surface area contributed by atoms with Gasteiger partial charge in [-0.1, -0.05) is 26.2 Å². The van der Waals surface area contributed by atoms with Gasteiger partial charge in [0.1, 0.15) is 22.8 Å². The lowest BCUT2D eigenvalue weighted by molar-refractivity contribution is 0.0695. The summed E-state index contributed by atoms with van der Waals surface area (Å²) in [4.78, 5) is 37.4. The van der Waals surface area contributed by atoms with Crippen LogP contribution in [0.25, 0.3) is 11.1 Å². The standard InChI is InChI=1S/C19H20F2N2O6/c1-2-3-4-5-6-29-15-10(7-9(20)8-11(15)21)12-13(18(25)26)16(22)23-17(24)14(12)19(27)28/h7-8H,2-6H2,1H3,(H,25,26)(H,27,28)(H3,22,23,24). The lowest BCUT2D eigenvalue weighted by atomic mass is 9.94. The number of pyridine rings is 1. The van der Waals surface area contributed by atoms with Crippen molar-refractivity contribution in [2.45, 2.75) is 32.6 Å². The van der Waals surface area contributed by atoms with Crippen LogP contribution in [-0.2, 0) is 0 Å². The molecule has 29 heavy (non-hydrogen) atoms. The van der Waals surface area contributed by atoms with Crippen LogP contribution in [0.4, 0.5) is 14.6 Å². The number of nitrogens with two attached hydrogens (primary N) is 1. The van der Waals surface area contributed by atoms with Gasteiger partial charge in [0.25, 0.3) is 5.56 Å². The molecule has 0 aliphatic rings. The van der Waals surface area contributed by atoms with Crippen molar-refractivity contribution in [2.24, 2.45) is 0 Å². The predicted octanol–water partition coefficient (Wildman–Crippen LogP) is 3.26. The number of nitrogen functional groups attached to an aromatic ring is 1. The lowest BCUT2D eigenvalue weighted by Gasteiger charge is -2.17. The summed E-state index contributed by atoms with van der Waals surface area (Å²) in [6.45, 7) is 2.02. The van der Waals surface area contributed by atoms with Gasteiger partial charge in [-0.25, -0.2) is 18.4 Å². The minimum Gasteiger partial charge on any atom is -0.490 e. The molecule has 0 bridgehead atoms. The summed E-state index contributed by atoms with van der Waals surface area (Å²) >= 11 is 0. The van der Waals surface area contributed by atoms with Gasteiger partial charge >= 0.3 is 11.9 Å². The highest BCUT2D eigenvalue weighted by Gasteiger charge is 2.30. The second-order valence-corrected chi connectivity index (χ2v) is 6.28. The van der Waals surface area contributed by atoms with Crippen LogP contribution >= 0.6 is 0 Å². The molecule has 156 valence electrons. The Balaban J connectivity index is 2.75. The van der Waals surface area contributed by atoms with Gasteiger partial charge in [-0.15, -0.1) is 0 Å². The van der Waals surface area contributed by atoms with E-state index in [1.807, 2.05) is 11.9 Å². The van der Waals surface area contributed by atoms with E-state index in [4.69, 9.17) is 10.5 Å². The number of hydrogen-bond acceptors (Lipinski definition) is 5. The molecule has 0 atom stereocenters. The smallest absolute Gasteiger partial charge is 0.342 e. The maximum absolute atomic E-state index is 14.5. The molecule has 0 spiro atoms. The molecule has 0 saturated carbocycles. The first kappa shape index (κ1) is 21.9. The number of aromatic carboxylic acids is 2. The number of aromatic amines is 1. The number of hydrogen-bond donors (Lipinski definition) is 4. The van der Waals surface area contributed by atoms with Crippen LogP contribution < -0.4 is 16.0 Å². The van der Waals surface area contributed by atoms with Crippen molar-refractivity contribution in [3.63, 3.8) is 0 Å². The molecule has 0 aliphatic carbocycles. The Labute approximate surface area is 163 Å². The minimum absolute atomic E-state index is 0.0268. The fourth-order valence-electron chi connectivity index (χ4n) is 2.91. The predicted molar refractivity (Wildman–Crippen MR) is 100 cm³/mol. The van der Waals surface area contributed by atoms with Crippen LogP contribution in [0.2, 0.25) is 0 Å². The second-order valence-electron chi connectivity index (χ2n) is 6.28. The number of carbonyl (C=O) groups is 2. The summed E-state index contributed by atoms with van der Waals surface area (Å²) in [5, 5.41) is 18.9. The third-order valence-electron chi connectivity index (χ3n) is 4.19. The van der Waals surface area contributed by atoms with E-state index in [9.17, 15) is 33.4 Å². The van der Waals surface area contributed by atoms with E-state index in [-0.39, 0.29) is 6.61 Å². The third-order valence-corrected chi connectivity index (χ3v) is 4.19. The van der Waals surface area contributed by atoms with Crippen molar-refractivity contribution in [1.82, 2.24) is 4.98 Å². The van der Waals surface area contributed by atoms with Crippen molar-refractivity contribution in [3.8, 4) is 16.9 Å². The third kappa shape index (κ3) is 4.71. The monoisotopic (exact) mass is 410 g/mol. The molecule has 1 heterocycles. The Kier molecular flexibility index (Phi) is 6.92. The molecule has 0 amide bonds. The van der Waals surface area contributed by atoms with E-state index in [1.54, 1.807) is 0 Å². The molecule has 0 fully saturated rings. The van der Waals surface area contributed by atoms with Crippen molar-refractivity contribution >= 4 is 17.8 Å². The molecule has 10 heteroatoms. The van der Waals surface area contributed by atoms with Crippen molar-refractivity contribution in [2.75, 3.05) is 12.3 Å². The first-order valence-electron chi connectivity index (χ1n) is 8.83. The van der Waals surface area contributed by atoms with Gasteiger partial charge in [0, 0.05) is 17.2 Å². The average Bonchev–Trinajstić information content (AvgIpc) is 2.61. The van der Waals surface area contributed by atoms with Gasteiger partial charge in [0.05, 0.1) is 6.61 Å². The highest BCUT2D eigenvalue weighted by Crippen LogP contribution is 2.38. The second kappa shape index (κ2) is 9.18. The lowest BCUT2D eigenvalue weighted by Crippen LogP contribution is -2.24. The number of anilines is 1. The van der Waals surface area contributed by atoms with Gasteiger partial charge in [-0.05, 0) is 12.5 Å². The van der Waals surface area contributed by atoms with E-state index in [2.05, 4.69) is 0 Å². The molecule has 0 saturated heterocycles. The number of nitrogens with one attached hydrogen (secondary N) is 1. The molecule has 1 aromatic carbocycles. The summed E-state index contributed by atoms with van der Waals surface area (Å²) in [6.07, 6.45) is 3.19. The summed E-state index contributed by atoms with van der Waals surface area (Å²) in [5.41, 5.74) is 1.27. The Morgan fingerprint density at radius 2 is 1.76 bits per heavy atom. The van der Waals surface area contributed by atoms with Gasteiger partial charge < -0.3 is 25.7 Å². The van der Waals surface area contributed by atoms with Crippen LogP contribution in [0.3, 0.4) is 0 Å². The minimum atomic E-state index is -1.79. The first-order valence-corrected chi connectivity index (χ1v) is 8.83. The fraction of sp³-hybridized carbons (Fsp3) is 0.316. The zero-order chi connectivity index (χ0) is 21.7. The number of unbranched alkanes of at least 4 members (excludes halogenated alkanes) is 3. The van der Waals surface area contributed by atoms with E-state index in [0.29, 0.717) is 18.6 Å². The number of aromatic nitrogens is 1. The average molecular weight is 410 g/mol. The normalized spacial score (nSPS) is 10.7. The van der Waals surface area contributed by atoms with Gasteiger partial charge in [-0.3, -0.25) is 4.79 Å². The molecule has 0 unspecified atom stereocenters. The van der Waals surface area contributed by atoms with Crippen LogP contribution in [0, 0.1) is 11.6 Å². The maximum atomic E-state index is 14.5. The summed E-state index contributed by atoms with van der Waals surface area (Å²) in [7, 11) is 0. The van der Waals surface area contributed by atoms with Crippen molar-refractivity contribution in [1.29, 1.82) is 0 Å². The van der Waals surface area contributed by atoms with Crippen LogP contribution in [0.5, 0.6) is 5.75 Å². The largest absolute Gasteiger partial charge is 0.490 e. The molecule has 2 aromatic rings. The first-order chi connectivity index (χ1) is 13.7. The number of carboxylic acid groups (broad SMARTS) is 2. The van der Waals surface area contributed by atoms with Crippen molar-refractivity contribution in [3.05, 3.63) is 45.2 Å². The quantitative estimate of drug-likeness (QED) is 0.465. The highest BCUT2D eigenvalue weighted by molar-refractivity contribution is 6.08. The van der Waals surface area contributed by atoms with Crippen LogP contribution in [0.1, 0.15) is 53.3 Å². The Morgan fingerprint density at radius 1 is 1.10 bits per heavy atom. The van der Waals surface area contributed by atoms with E-state index in [0.717, 1.165) is 19.3 Å². The van der Waals surface area contributed by atoms with E-state index < -0.39 is 63.0 Å². The van der Waals surface area contributed by atoms with Gasteiger partial charge in [0.2, 0.25) is 0 Å². The molecule has 8 nitrogen and oxygen atoms in total. The molecular formula is C19H20F2N2O6. The number of H-pyrrole nitrogens is 1. The fourth-order valence-corrected chi connectivity index (χ4v) is 2.91. The van der Waals surface area contributed by atoms with Gasteiger partial charge in [-0.2, -0.15) is 0 Å². The molecule has 5 N–H and O–H groups in total. The summed E-state index contributed by atoms with van der Waals surface area (Å²) in [6, 6.07) is 1.22. The van der Waals surface area contributed by atoms with E-state index in [1.165, 1.54) is 0 Å². The number of halogens is 2. The number of benzene rings is 1. The Morgan fingerprint density at radius 3 is 2.34 bits per heavy atom. The molecular weight excluding hydrogens is 390 g/mol. The molecule has 0 radical (unpaired) electrons.